The van der Waals surface area contributed by atoms with Gasteiger partial charge in [0.2, 0.25) is 0 Å². The average Bonchev–Trinajstić information content (AvgIpc) is 2.30. The first-order chi connectivity index (χ1) is 8.47. The van der Waals surface area contributed by atoms with Gasteiger partial charge in [-0.05, 0) is 22.4 Å². The zero-order chi connectivity index (χ0) is 13.7. The fourth-order valence-electron chi connectivity index (χ4n) is 1.27. The highest BCUT2D eigenvalue weighted by Gasteiger charge is 2.23. The molecule has 0 bridgehead atoms. The van der Waals surface area contributed by atoms with Gasteiger partial charge in [0.05, 0.1) is 9.40 Å². The summed E-state index contributed by atoms with van der Waals surface area (Å²) in [5.41, 5.74) is -0.205. The maximum atomic E-state index is 11.0. The van der Waals surface area contributed by atoms with E-state index in [0.717, 1.165) is 6.20 Å². The molecule has 1 heterocycles. The summed E-state index contributed by atoms with van der Waals surface area (Å²) < 4.78 is 0.326. The van der Waals surface area contributed by atoms with Gasteiger partial charge in [-0.1, -0.05) is 6.08 Å². The van der Waals surface area contributed by atoms with E-state index in [1.54, 1.807) is 0 Å². The van der Waals surface area contributed by atoms with Crippen LogP contribution < -0.4 is 5.32 Å². The zero-order valence-corrected chi connectivity index (χ0v) is 10.8. The molecule has 0 aliphatic carbocycles. The van der Waals surface area contributed by atoms with E-state index < -0.39 is 16.9 Å². The Morgan fingerprint density at radius 3 is 2.89 bits per heavy atom. The molecule has 0 amide bonds. The Bertz CT molecular complexity index is 492. The maximum Gasteiger partial charge on any atom is 0.326 e. The number of pyridine rings is 1. The van der Waals surface area contributed by atoms with Crippen molar-refractivity contribution in [2.24, 2.45) is 0 Å². The van der Waals surface area contributed by atoms with Crippen molar-refractivity contribution in [1.29, 1.82) is 0 Å². The number of halogens is 1. The molecule has 0 saturated carbocycles. The molecule has 0 aromatic carbocycles. The van der Waals surface area contributed by atoms with E-state index in [4.69, 9.17) is 5.11 Å². The number of hydrogen-bond donors (Lipinski definition) is 2. The highest BCUT2D eigenvalue weighted by Crippen LogP contribution is 2.31. The van der Waals surface area contributed by atoms with Gasteiger partial charge < -0.3 is 10.4 Å². The number of nitro groups is 1. The lowest BCUT2D eigenvalue weighted by atomic mass is 10.2. The second-order valence-corrected chi connectivity index (χ2v) is 4.19. The summed E-state index contributed by atoms with van der Waals surface area (Å²) in [5, 5.41) is 22.4. The molecular weight excluding hydrogens is 306 g/mol. The topological polar surface area (TPSA) is 105 Å². The van der Waals surface area contributed by atoms with Gasteiger partial charge in [0.15, 0.2) is 0 Å². The van der Waals surface area contributed by atoms with E-state index >= 15 is 0 Å². The minimum absolute atomic E-state index is 0.0873. The van der Waals surface area contributed by atoms with Gasteiger partial charge in [-0.15, -0.1) is 6.58 Å². The number of aliphatic carboxylic acids is 1. The van der Waals surface area contributed by atoms with Gasteiger partial charge in [0.25, 0.3) is 0 Å². The molecule has 1 unspecified atom stereocenters. The molecule has 1 rings (SSSR count). The summed E-state index contributed by atoms with van der Waals surface area (Å²) in [4.78, 5) is 24.8. The van der Waals surface area contributed by atoms with Gasteiger partial charge in [-0.2, -0.15) is 0 Å². The number of carboxylic acid groups (broad SMARTS) is 1. The predicted molar refractivity (Wildman–Crippen MR) is 68.5 cm³/mol. The van der Waals surface area contributed by atoms with Crippen LogP contribution in [-0.4, -0.2) is 27.0 Å². The third-order valence-corrected chi connectivity index (χ3v) is 2.70. The predicted octanol–water partition coefficient (Wildman–Crippen LogP) is 2.19. The normalized spacial score (nSPS) is 11.6. The lowest BCUT2D eigenvalue weighted by Gasteiger charge is -2.14. The Labute approximate surface area is 111 Å². The number of hydrogen-bond acceptors (Lipinski definition) is 5. The van der Waals surface area contributed by atoms with Crippen LogP contribution in [0.25, 0.3) is 0 Å². The van der Waals surface area contributed by atoms with E-state index in [-0.39, 0.29) is 17.8 Å². The van der Waals surface area contributed by atoms with Crippen LogP contribution in [0.4, 0.5) is 11.4 Å². The van der Waals surface area contributed by atoms with Gasteiger partial charge in [-0.3, -0.25) is 15.1 Å². The Hall–Kier alpha value is -1.96. The van der Waals surface area contributed by atoms with Crippen molar-refractivity contribution >= 4 is 33.3 Å². The van der Waals surface area contributed by atoms with Crippen molar-refractivity contribution < 1.29 is 14.8 Å². The Morgan fingerprint density at radius 2 is 2.39 bits per heavy atom. The van der Waals surface area contributed by atoms with Gasteiger partial charge in [0.1, 0.15) is 17.9 Å². The summed E-state index contributed by atoms with van der Waals surface area (Å²) >= 11 is 3.10. The van der Waals surface area contributed by atoms with Crippen molar-refractivity contribution in [3.8, 4) is 0 Å². The van der Waals surface area contributed by atoms with Crippen molar-refractivity contribution in [3.05, 3.63) is 39.6 Å². The molecule has 1 aromatic rings. The zero-order valence-electron chi connectivity index (χ0n) is 9.17. The molecule has 18 heavy (non-hydrogen) atoms. The standard InChI is InChI=1S/C10H10BrN3O4/c1-2-3-7(10(15)16)13-9-6(11)4-12-5-8(9)14(17)18/h2,4-5,7H,1,3H2,(H,12,13)(H,15,16). The van der Waals surface area contributed by atoms with Crippen LogP contribution in [0.5, 0.6) is 0 Å². The number of carbonyl (C=O) groups is 1. The largest absolute Gasteiger partial charge is 0.480 e. The first kappa shape index (κ1) is 14.1. The van der Waals surface area contributed by atoms with Gasteiger partial charge in [-0.25, -0.2) is 4.79 Å². The van der Waals surface area contributed by atoms with Gasteiger partial charge >= 0.3 is 11.7 Å². The van der Waals surface area contributed by atoms with Crippen molar-refractivity contribution in [1.82, 2.24) is 4.98 Å². The number of nitrogens with one attached hydrogen (secondary N) is 1. The fourth-order valence-corrected chi connectivity index (χ4v) is 1.70. The number of aromatic nitrogens is 1. The lowest BCUT2D eigenvalue weighted by Crippen LogP contribution is -2.29. The van der Waals surface area contributed by atoms with Crippen LogP contribution in [0.2, 0.25) is 0 Å². The summed E-state index contributed by atoms with van der Waals surface area (Å²) in [6, 6.07) is -0.986. The number of carboxylic acids is 1. The summed E-state index contributed by atoms with van der Waals surface area (Å²) in [5.74, 6) is -1.12. The lowest BCUT2D eigenvalue weighted by molar-refractivity contribution is -0.384. The van der Waals surface area contributed by atoms with Crippen LogP contribution in [0, 0.1) is 10.1 Å². The molecular formula is C10H10BrN3O4. The first-order valence-electron chi connectivity index (χ1n) is 4.85. The van der Waals surface area contributed by atoms with Crippen LogP contribution in [0.15, 0.2) is 29.5 Å². The minimum atomic E-state index is -1.12. The van der Waals surface area contributed by atoms with Crippen molar-refractivity contribution in [3.63, 3.8) is 0 Å². The molecule has 0 aliphatic heterocycles. The van der Waals surface area contributed by atoms with Crippen LogP contribution in [0.3, 0.4) is 0 Å². The molecule has 0 fully saturated rings. The average molecular weight is 316 g/mol. The molecule has 0 saturated heterocycles. The maximum absolute atomic E-state index is 11.0. The van der Waals surface area contributed by atoms with Crippen LogP contribution in [0.1, 0.15) is 6.42 Å². The van der Waals surface area contributed by atoms with Crippen LogP contribution in [-0.2, 0) is 4.79 Å². The SMILES string of the molecule is C=CCC(Nc1c(Br)cncc1[N+](=O)[O-])C(=O)O. The van der Waals surface area contributed by atoms with E-state index in [2.05, 4.69) is 32.8 Å². The molecule has 1 aromatic heterocycles. The molecule has 96 valence electrons. The summed E-state index contributed by atoms with van der Waals surface area (Å²) in [6.07, 6.45) is 3.97. The van der Waals surface area contributed by atoms with Crippen molar-refractivity contribution in [2.75, 3.05) is 5.32 Å². The van der Waals surface area contributed by atoms with Crippen molar-refractivity contribution in [2.45, 2.75) is 12.5 Å². The third kappa shape index (κ3) is 3.27. The molecule has 0 radical (unpaired) electrons. The smallest absolute Gasteiger partial charge is 0.326 e. The highest BCUT2D eigenvalue weighted by atomic mass is 79.9. The molecule has 0 spiro atoms. The molecule has 0 aliphatic rings. The first-order valence-corrected chi connectivity index (χ1v) is 5.64. The van der Waals surface area contributed by atoms with E-state index in [1.807, 2.05) is 0 Å². The quantitative estimate of drug-likeness (QED) is 0.473. The minimum Gasteiger partial charge on any atom is -0.480 e. The molecule has 8 heteroatoms. The molecule has 2 N–H and O–H groups in total. The third-order valence-electron chi connectivity index (χ3n) is 2.10. The Morgan fingerprint density at radius 1 is 1.72 bits per heavy atom. The monoisotopic (exact) mass is 315 g/mol. The summed E-state index contributed by atoms with van der Waals surface area (Å²) in [7, 11) is 0. The Balaban J connectivity index is 3.12. The second-order valence-electron chi connectivity index (χ2n) is 3.33. The summed E-state index contributed by atoms with van der Waals surface area (Å²) in [6.45, 7) is 3.44. The Kier molecular flexibility index (Phi) is 4.78. The molecule has 7 nitrogen and oxygen atoms in total. The van der Waals surface area contributed by atoms with E-state index in [1.165, 1.54) is 12.3 Å². The van der Waals surface area contributed by atoms with Gasteiger partial charge in [0, 0.05) is 6.20 Å². The van der Waals surface area contributed by atoms with E-state index in [9.17, 15) is 14.9 Å². The number of rotatable bonds is 6. The van der Waals surface area contributed by atoms with Crippen LogP contribution >= 0.6 is 15.9 Å². The number of nitrogens with zero attached hydrogens (tertiary/aromatic N) is 2. The van der Waals surface area contributed by atoms with E-state index in [0.29, 0.717) is 4.47 Å². The second kappa shape index (κ2) is 6.10. The molecule has 1 atom stereocenters. The number of anilines is 1. The fraction of sp³-hybridized carbons (Fsp3) is 0.200. The highest BCUT2D eigenvalue weighted by molar-refractivity contribution is 9.10.